The third kappa shape index (κ3) is 2.88. The highest BCUT2D eigenvalue weighted by atomic mass is 19.4. The summed E-state index contributed by atoms with van der Waals surface area (Å²) in [5.74, 6) is 0.772. The van der Waals surface area contributed by atoms with Crippen molar-refractivity contribution in [1.29, 1.82) is 0 Å². The van der Waals surface area contributed by atoms with Gasteiger partial charge >= 0.3 is 6.18 Å². The van der Waals surface area contributed by atoms with Gasteiger partial charge in [0.2, 0.25) is 5.91 Å². The average molecular weight is 310 g/mol. The minimum atomic E-state index is -4.31. The fraction of sp³-hybridized carbons (Fsp3) is 0.438. The van der Waals surface area contributed by atoms with Gasteiger partial charge in [0.05, 0.1) is 5.56 Å². The van der Waals surface area contributed by atoms with Crippen LogP contribution in [0.5, 0.6) is 0 Å². The van der Waals surface area contributed by atoms with Crippen LogP contribution in [0.15, 0.2) is 36.9 Å². The first-order valence-corrected chi connectivity index (χ1v) is 7.21. The van der Waals surface area contributed by atoms with Crippen molar-refractivity contribution >= 4 is 5.91 Å². The molecule has 1 saturated carbocycles. The van der Waals surface area contributed by atoms with Gasteiger partial charge < -0.3 is 10.2 Å². The number of carbonyl (C=O) groups is 1. The number of piperidine rings is 1. The molecule has 2 aliphatic rings. The van der Waals surface area contributed by atoms with Gasteiger partial charge in [-0.3, -0.25) is 4.79 Å². The summed E-state index contributed by atoms with van der Waals surface area (Å²) in [6.45, 7) is 5.29. The van der Waals surface area contributed by atoms with Gasteiger partial charge in [0.1, 0.15) is 0 Å². The third-order valence-electron chi connectivity index (χ3n) is 4.48. The summed E-state index contributed by atoms with van der Waals surface area (Å²) in [6.07, 6.45) is -2.99. The zero-order valence-electron chi connectivity index (χ0n) is 11.9. The van der Waals surface area contributed by atoms with Crippen LogP contribution < -0.4 is 5.32 Å². The SMILES string of the molecule is C=CC(=O)N1CC2C(NCc3cccc(C(F)(F)F)c3)[C@H]2C1. The number of amides is 1. The summed E-state index contributed by atoms with van der Waals surface area (Å²) in [5, 5.41) is 3.30. The molecular formula is C16H17F3N2O. The van der Waals surface area contributed by atoms with E-state index >= 15 is 0 Å². The standard InChI is InChI=1S/C16H17F3N2O/c1-2-14(22)21-8-12-13(9-21)15(12)20-7-10-4-3-5-11(6-10)16(17,18)19/h2-6,12-13,15,20H,1,7-9H2/t12-,13?,15?/m0/s1. The first-order chi connectivity index (χ1) is 10.4. The molecule has 2 unspecified atom stereocenters. The number of rotatable bonds is 4. The van der Waals surface area contributed by atoms with Crippen molar-refractivity contribution in [3.8, 4) is 0 Å². The molecule has 1 saturated heterocycles. The Morgan fingerprint density at radius 3 is 2.64 bits per heavy atom. The van der Waals surface area contributed by atoms with E-state index in [2.05, 4.69) is 11.9 Å². The second-order valence-electron chi connectivity index (χ2n) is 5.88. The maximum absolute atomic E-state index is 12.7. The largest absolute Gasteiger partial charge is 0.416 e. The molecular weight excluding hydrogens is 293 g/mol. The summed E-state index contributed by atoms with van der Waals surface area (Å²) in [5.41, 5.74) is 0.00404. The van der Waals surface area contributed by atoms with Crippen molar-refractivity contribution in [3.05, 3.63) is 48.0 Å². The highest BCUT2D eigenvalue weighted by Crippen LogP contribution is 2.45. The predicted octanol–water partition coefficient (Wildman–Crippen LogP) is 2.44. The number of nitrogens with zero attached hydrogens (tertiary/aromatic N) is 1. The minimum absolute atomic E-state index is 0.0520. The minimum Gasteiger partial charge on any atom is -0.338 e. The number of hydrogen-bond donors (Lipinski definition) is 1. The highest BCUT2D eigenvalue weighted by Gasteiger charge is 2.56. The molecule has 1 aromatic rings. The van der Waals surface area contributed by atoms with Crippen molar-refractivity contribution in [3.63, 3.8) is 0 Å². The molecule has 1 amide bonds. The van der Waals surface area contributed by atoms with Gasteiger partial charge in [-0.2, -0.15) is 13.2 Å². The highest BCUT2D eigenvalue weighted by molar-refractivity contribution is 5.87. The molecule has 0 spiro atoms. The predicted molar refractivity (Wildman–Crippen MR) is 75.8 cm³/mol. The molecule has 1 N–H and O–H groups in total. The molecule has 2 fully saturated rings. The van der Waals surface area contributed by atoms with E-state index in [1.807, 2.05) is 0 Å². The number of alkyl halides is 3. The van der Waals surface area contributed by atoms with E-state index < -0.39 is 11.7 Å². The van der Waals surface area contributed by atoms with E-state index in [4.69, 9.17) is 0 Å². The maximum atomic E-state index is 12.7. The van der Waals surface area contributed by atoms with Gasteiger partial charge in [0, 0.05) is 25.7 Å². The lowest BCUT2D eigenvalue weighted by molar-refractivity contribution is -0.137. The van der Waals surface area contributed by atoms with Crippen molar-refractivity contribution in [2.24, 2.45) is 11.8 Å². The van der Waals surface area contributed by atoms with E-state index in [0.29, 0.717) is 43.1 Å². The lowest BCUT2D eigenvalue weighted by Gasteiger charge is -2.18. The summed E-state index contributed by atoms with van der Waals surface area (Å²) in [7, 11) is 0. The lowest BCUT2D eigenvalue weighted by Crippen LogP contribution is -2.34. The van der Waals surface area contributed by atoms with Crippen LogP contribution in [0.3, 0.4) is 0 Å². The Balaban J connectivity index is 1.52. The molecule has 3 nitrogen and oxygen atoms in total. The Morgan fingerprint density at radius 2 is 2.05 bits per heavy atom. The van der Waals surface area contributed by atoms with Crippen molar-refractivity contribution < 1.29 is 18.0 Å². The van der Waals surface area contributed by atoms with Crippen LogP contribution >= 0.6 is 0 Å². The molecule has 6 heteroatoms. The molecule has 1 heterocycles. The summed E-state index contributed by atoms with van der Waals surface area (Å²) in [6, 6.07) is 5.67. The maximum Gasteiger partial charge on any atom is 0.416 e. The second kappa shape index (κ2) is 5.43. The monoisotopic (exact) mass is 310 g/mol. The number of halogens is 3. The molecule has 3 rings (SSSR count). The molecule has 1 aliphatic heterocycles. The number of benzene rings is 1. The summed E-state index contributed by atoms with van der Waals surface area (Å²) >= 11 is 0. The van der Waals surface area contributed by atoms with E-state index in [-0.39, 0.29) is 5.91 Å². The lowest BCUT2D eigenvalue weighted by atomic mass is 10.1. The zero-order valence-corrected chi connectivity index (χ0v) is 11.9. The van der Waals surface area contributed by atoms with Gasteiger partial charge in [-0.05, 0) is 29.5 Å². The Labute approximate surface area is 126 Å². The molecule has 1 aliphatic carbocycles. The van der Waals surface area contributed by atoms with Crippen LogP contribution in [0.25, 0.3) is 0 Å². The van der Waals surface area contributed by atoms with Crippen LogP contribution in [0.1, 0.15) is 11.1 Å². The summed E-state index contributed by atoms with van der Waals surface area (Å²) < 4.78 is 38.0. The molecule has 0 radical (unpaired) electrons. The van der Waals surface area contributed by atoms with Crippen LogP contribution in [0, 0.1) is 11.8 Å². The summed E-state index contributed by atoms with van der Waals surface area (Å²) in [4.78, 5) is 13.2. The van der Waals surface area contributed by atoms with Gasteiger partial charge in [-0.1, -0.05) is 24.8 Å². The second-order valence-corrected chi connectivity index (χ2v) is 5.88. The topological polar surface area (TPSA) is 32.3 Å². The van der Waals surface area contributed by atoms with Crippen molar-refractivity contribution in [2.45, 2.75) is 18.8 Å². The Bertz CT molecular complexity index is 587. The normalized spacial score (nSPS) is 26.7. The number of nitrogens with one attached hydrogen (secondary N) is 1. The first-order valence-electron chi connectivity index (χ1n) is 7.21. The Morgan fingerprint density at radius 1 is 1.36 bits per heavy atom. The van der Waals surface area contributed by atoms with Gasteiger partial charge in [0.25, 0.3) is 0 Å². The average Bonchev–Trinajstić information content (AvgIpc) is 2.93. The van der Waals surface area contributed by atoms with E-state index in [1.54, 1.807) is 11.0 Å². The Hall–Kier alpha value is -1.82. The molecule has 22 heavy (non-hydrogen) atoms. The molecule has 118 valence electrons. The van der Waals surface area contributed by atoms with Gasteiger partial charge in [-0.15, -0.1) is 0 Å². The van der Waals surface area contributed by atoms with Gasteiger partial charge in [0.15, 0.2) is 0 Å². The van der Waals surface area contributed by atoms with E-state index in [9.17, 15) is 18.0 Å². The Kier molecular flexibility index (Phi) is 3.72. The fourth-order valence-corrected chi connectivity index (χ4v) is 3.23. The third-order valence-corrected chi connectivity index (χ3v) is 4.48. The molecule has 0 bridgehead atoms. The molecule has 0 aromatic heterocycles. The van der Waals surface area contributed by atoms with Crippen LogP contribution in [-0.4, -0.2) is 29.9 Å². The number of carbonyl (C=O) groups excluding carboxylic acids is 1. The fourth-order valence-electron chi connectivity index (χ4n) is 3.23. The zero-order chi connectivity index (χ0) is 15.9. The first kappa shape index (κ1) is 15.1. The molecule has 1 aromatic carbocycles. The van der Waals surface area contributed by atoms with Crippen molar-refractivity contribution in [2.75, 3.05) is 13.1 Å². The molecule has 3 atom stereocenters. The van der Waals surface area contributed by atoms with Gasteiger partial charge in [-0.25, -0.2) is 0 Å². The number of hydrogen-bond acceptors (Lipinski definition) is 2. The number of likely N-dealkylation sites (tertiary alicyclic amines) is 1. The van der Waals surface area contributed by atoms with Crippen LogP contribution in [0.4, 0.5) is 13.2 Å². The van der Waals surface area contributed by atoms with E-state index in [1.165, 1.54) is 18.2 Å². The van der Waals surface area contributed by atoms with Crippen molar-refractivity contribution in [1.82, 2.24) is 10.2 Å². The quantitative estimate of drug-likeness (QED) is 0.866. The van der Waals surface area contributed by atoms with E-state index in [0.717, 1.165) is 6.07 Å². The van der Waals surface area contributed by atoms with Crippen LogP contribution in [-0.2, 0) is 17.5 Å². The number of fused-ring (bicyclic) bond motifs is 1. The van der Waals surface area contributed by atoms with Crippen LogP contribution in [0.2, 0.25) is 0 Å². The smallest absolute Gasteiger partial charge is 0.338 e.